The molecule has 0 spiro atoms. The summed E-state index contributed by atoms with van der Waals surface area (Å²) in [6, 6.07) is 20.6. The van der Waals surface area contributed by atoms with Gasteiger partial charge in [0.15, 0.2) is 0 Å². The van der Waals surface area contributed by atoms with E-state index in [4.69, 9.17) is 26.8 Å². The second-order valence-corrected chi connectivity index (χ2v) is 19.7. The number of hydrogen-bond donors (Lipinski definition) is 3. The fraction of sp³-hybridized carbons (Fsp3) is 0.435. The van der Waals surface area contributed by atoms with E-state index in [1.807, 2.05) is 29.2 Å². The van der Waals surface area contributed by atoms with Crippen molar-refractivity contribution in [2.24, 2.45) is 11.3 Å². The van der Waals surface area contributed by atoms with E-state index in [0.29, 0.717) is 56.6 Å². The summed E-state index contributed by atoms with van der Waals surface area (Å²) in [6.45, 7) is 11.2. The molecular weight excluding hydrogens is 844 g/mol. The number of benzene rings is 3. The van der Waals surface area contributed by atoms with E-state index in [2.05, 4.69) is 50.8 Å². The third kappa shape index (κ3) is 10.4. The summed E-state index contributed by atoms with van der Waals surface area (Å²) in [4.78, 5) is 36.5. The van der Waals surface area contributed by atoms with Crippen molar-refractivity contribution in [2.45, 2.75) is 57.3 Å². The number of carbonyl (C=O) groups is 1. The summed E-state index contributed by atoms with van der Waals surface area (Å²) in [5.74, 6) is -0.0322. The quantitative estimate of drug-likeness (QED) is 0.0922. The van der Waals surface area contributed by atoms with Crippen molar-refractivity contribution >= 4 is 67.4 Å². The highest BCUT2D eigenvalue weighted by atomic mass is 35.5. The summed E-state index contributed by atoms with van der Waals surface area (Å²) >= 11 is 6.26. The first-order chi connectivity index (χ1) is 30.2. The number of allylic oxidation sites excluding steroid dienone is 1. The van der Waals surface area contributed by atoms with E-state index < -0.39 is 31.4 Å². The number of halogens is 1. The number of piperazine rings is 1. The summed E-state index contributed by atoms with van der Waals surface area (Å²) < 4.78 is 41.3. The first-order valence-electron chi connectivity index (χ1n) is 21.7. The molecule has 0 unspecified atom stereocenters. The molecule has 334 valence electrons. The molecule has 4 aliphatic rings. The molecule has 1 aromatic heterocycles. The maximum Gasteiger partial charge on any atom is 0.293 e. The molecule has 2 fully saturated rings. The van der Waals surface area contributed by atoms with Crippen LogP contribution in [0, 0.1) is 21.4 Å². The summed E-state index contributed by atoms with van der Waals surface area (Å²) in [5.41, 5.74) is 12.2. The molecule has 0 radical (unpaired) electrons. The number of fused-ring (bicyclic) bond motifs is 1. The molecule has 4 aromatic rings. The lowest BCUT2D eigenvalue weighted by atomic mass is 9.72. The Morgan fingerprint density at radius 1 is 0.968 bits per heavy atom. The van der Waals surface area contributed by atoms with Crippen molar-refractivity contribution in [1.29, 1.82) is 0 Å². The number of pyridine rings is 1. The largest absolute Gasteiger partial charge is 0.476 e. The molecule has 4 N–H and O–H groups in total. The van der Waals surface area contributed by atoms with Gasteiger partial charge in [0.05, 0.1) is 27.7 Å². The van der Waals surface area contributed by atoms with Crippen molar-refractivity contribution in [2.75, 3.05) is 86.5 Å². The van der Waals surface area contributed by atoms with Crippen molar-refractivity contribution in [3.05, 3.63) is 105 Å². The molecule has 17 heteroatoms. The van der Waals surface area contributed by atoms with Gasteiger partial charge in [-0.3, -0.25) is 19.8 Å². The Morgan fingerprint density at radius 2 is 1.73 bits per heavy atom. The third-order valence-corrected chi connectivity index (χ3v) is 14.2. The van der Waals surface area contributed by atoms with Crippen molar-refractivity contribution < 1.29 is 27.6 Å². The van der Waals surface area contributed by atoms with E-state index in [0.717, 1.165) is 81.6 Å². The number of carbonyl (C=O) groups excluding carboxylic acids is 1. The molecule has 2 saturated heterocycles. The Kier molecular flexibility index (Phi) is 13.1. The van der Waals surface area contributed by atoms with Gasteiger partial charge in [0.25, 0.3) is 21.6 Å². The molecule has 8 rings (SSSR count). The number of nitrogens with zero attached hydrogens (tertiary/aromatic N) is 5. The van der Waals surface area contributed by atoms with Gasteiger partial charge >= 0.3 is 0 Å². The number of aromatic nitrogens is 1. The number of nitrogens with two attached hydrogens (primary N) is 1. The predicted octanol–water partition coefficient (Wildman–Crippen LogP) is 7.89. The van der Waals surface area contributed by atoms with Gasteiger partial charge in [0, 0.05) is 75.8 Å². The number of ether oxygens (including phenoxy) is 2. The van der Waals surface area contributed by atoms with Crippen LogP contribution in [0.1, 0.15) is 68.3 Å². The molecular formula is C46H55ClN8O7S. The van der Waals surface area contributed by atoms with Gasteiger partial charge in [0.2, 0.25) is 5.88 Å². The van der Waals surface area contributed by atoms with Crippen LogP contribution in [-0.4, -0.2) is 94.8 Å². The Hall–Kier alpha value is -5.42. The number of amides is 1. The number of hydrogen-bond acceptors (Lipinski definition) is 13. The van der Waals surface area contributed by atoms with Crippen molar-refractivity contribution in [1.82, 2.24) is 14.6 Å². The molecule has 3 aromatic carbocycles. The van der Waals surface area contributed by atoms with E-state index in [1.165, 1.54) is 28.8 Å². The first kappa shape index (κ1) is 44.2. The minimum Gasteiger partial charge on any atom is -0.476 e. The fourth-order valence-corrected chi connectivity index (χ4v) is 10.1. The normalized spacial score (nSPS) is 18.6. The monoisotopic (exact) mass is 898 g/mol. The molecule has 4 heterocycles. The SMILES string of the molecule is CC1(C)CCC(CN2CCN(c3ccc(C(=O)NS(=O)(=O)c4ccc(NCC5CCOCC5)c([N+](=O)[O-])c4)c(N4CCCOc5nc(N)ccc54)c3)CC2)=C(c2ccc(Cl)cc2)C1. The highest BCUT2D eigenvalue weighted by Crippen LogP contribution is 2.44. The van der Waals surface area contributed by atoms with Gasteiger partial charge in [-0.2, -0.15) is 4.98 Å². The number of nitro groups is 1. The highest BCUT2D eigenvalue weighted by molar-refractivity contribution is 7.90. The molecule has 1 aliphatic carbocycles. The standard InChI is InChI=1S/C46H55ClN8O7S/c1-46(2)17-14-33(38(28-46)32-4-6-34(47)7-5-32)30-52-19-21-53(22-20-52)35-8-10-37(41(26-35)54-18-3-23-62-45-40(54)12-13-43(48)50-45)44(56)51-63(59,60)36-9-11-39(42(27-36)55(57)58)49-29-31-15-24-61-25-16-31/h4-13,26-27,31,49H,3,14-25,28-30H2,1-2H3,(H2,48,50)(H,51,56). The van der Waals surface area contributed by atoms with Crippen molar-refractivity contribution in [3.63, 3.8) is 0 Å². The van der Waals surface area contributed by atoms with Gasteiger partial charge < -0.3 is 30.3 Å². The molecule has 0 atom stereocenters. The second kappa shape index (κ2) is 18.7. The van der Waals surface area contributed by atoms with Crippen LogP contribution in [0.25, 0.3) is 5.57 Å². The minimum atomic E-state index is -4.56. The van der Waals surface area contributed by atoms with Gasteiger partial charge in [-0.1, -0.05) is 43.2 Å². The van der Waals surface area contributed by atoms with Crippen LogP contribution in [0.5, 0.6) is 5.88 Å². The zero-order valence-electron chi connectivity index (χ0n) is 35.8. The number of rotatable bonds is 12. The third-order valence-electron chi connectivity index (χ3n) is 12.6. The molecule has 1 amide bonds. The lowest BCUT2D eigenvalue weighted by Gasteiger charge is -2.39. The zero-order chi connectivity index (χ0) is 44.3. The smallest absolute Gasteiger partial charge is 0.293 e. The second-order valence-electron chi connectivity index (χ2n) is 17.6. The van der Waals surface area contributed by atoms with E-state index in [-0.39, 0.29) is 28.4 Å². The van der Waals surface area contributed by atoms with Crippen molar-refractivity contribution in [3.8, 4) is 5.88 Å². The van der Waals surface area contributed by atoms with E-state index in [9.17, 15) is 23.3 Å². The number of nitrogens with one attached hydrogen (secondary N) is 2. The molecule has 63 heavy (non-hydrogen) atoms. The average Bonchev–Trinajstić information content (AvgIpc) is 3.48. The van der Waals surface area contributed by atoms with Crippen LogP contribution >= 0.6 is 11.6 Å². The summed E-state index contributed by atoms with van der Waals surface area (Å²) in [7, 11) is -4.56. The van der Waals surface area contributed by atoms with E-state index >= 15 is 0 Å². The van der Waals surface area contributed by atoms with Gasteiger partial charge in [0.1, 0.15) is 17.2 Å². The number of nitro benzene ring substituents is 1. The summed E-state index contributed by atoms with van der Waals surface area (Å²) in [6.07, 6.45) is 5.43. The highest BCUT2D eigenvalue weighted by Gasteiger charge is 2.32. The topological polar surface area (TPSA) is 186 Å². The lowest BCUT2D eigenvalue weighted by molar-refractivity contribution is -0.384. The van der Waals surface area contributed by atoms with Crippen LogP contribution in [0.4, 0.5) is 34.3 Å². The molecule has 0 bridgehead atoms. The van der Waals surface area contributed by atoms with Crippen LogP contribution in [-0.2, 0) is 14.8 Å². The maximum absolute atomic E-state index is 14.2. The maximum atomic E-state index is 14.2. The number of sulfonamides is 1. The van der Waals surface area contributed by atoms with Gasteiger partial charge in [-0.25, -0.2) is 13.1 Å². The van der Waals surface area contributed by atoms with Crippen LogP contribution in [0.15, 0.2) is 83.3 Å². The minimum absolute atomic E-state index is 0.0942. The Balaban J connectivity index is 1.04. The predicted molar refractivity (Wildman–Crippen MR) is 247 cm³/mol. The van der Waals surface area contributed by atoms with Crippen LogP contribution in [0.2, 0.25) is 5.02 Å². The van der Waals surface area contributed by atoms with Gasteiger partial charge in [-0.15, -0.1) is 0 Å². The van der Waals surface area contributed by atoms with Crippen LogP contribution < -0.4 is 30.3 Å². The summed E-state index contributed by atoms with van der Waals surface area (Å²) in [5, 5.41) is 16.0. The first-order valence-corrected chi connectivity index (χ1v) is 23.5. The molecule has 0 saturated carbocycles. The zero-order valence-corrected chi connectivity index (χ0v) is 37.3. The average molecular weight is 900 g/mol. The lowest BCUT2D eigenvalue weighted by Crippen LogP contribution is -2.47. The Labute approximate surface area is 373 Å². The number of anilines is 5. The molecule has 3 aliphatic heterocycles. The van der Waals surface area contributed by atoms with E-state index in [1.54, 1.807) is 18.2 Å². The Bertz CT molecular complexity index is 2490. The fourth-order valence-electron chi connectivity index (χ4n) is 8.97. The Morgan fingerprint density at radius 3 is 2.48 bits per heavy atom. The number of nitrogen functional groups attached to an aromatic ring is 1. The van der Waals surface area contributed by atoms with Crippen LogP contribution in [0.3, 0.4) is 0 Å². The van der Waals surface area contributed by atoms with Gasteiger partial charge in [-0.05, 0) is 116 Å². The molecule has 15 nitrogen and oxygen atoms in total.